The average Bonchev–Trinajstić information content (AvgIpc) is 2.37. The molecule has 0 amide bonds. The molecular formula is C15H14FN3S. The van der Waals surface area contributed by atoms with Crippen molar-refractivity contribution < 1.29 is 4.39 Å². The molecule has 3 nitrogen and oxygen atoms in total. The Balaban J connectivity index is 2.56. The minimum Gasteiger partial charge on any atom is -0.220 e. The Kier molecular flexibility index (Phi) is 4.05. The molecule has 5 heteroatoms. The van der Waals surface area contributed by atoms with Crippen molar-refractivity contribution in [3.8, 4) is 17.5 Å². The van der Waals surface area contributed by atoms with Gasteiger partial charge in [0, 0.05) is 10.3 Å². The van der Waals surface area contributed by atoms with Crippen LogP contribution in [0.5, 0.6) is 0 Å². The van der Waals surface area contributed by atoms with Crippen LogP contribution in [0.3, 0.4) is 0 Å². The lowest BCUT2D eigenvalue weighted by Crippen LogP contribution is -2.10. The second-order valence-electron chi connectivity index (χ2n) is 5.21. The summed E-state index contributed by atoms with van der Waals surface area (Å²) in [4.78, 5) is 8.14. The van der Waals surface area contributed by atoms with Gasteiger partial charge in [0.05, 0.1) is 0 Å². The van der Waals surface area contributed by atoms with E-state index in [0.717, 1.165) is 5.56 Å². The molecule has 1 heterocycles. The summed E-state index contributed by atoms with van der Waals surface area (Å²) in [5, 5.41) is 9.46. The Labute approximate surface area is 121 Å². The molecule has 0 aliphatic heterocycles. The lowest BCUT2D eigenvalue weighted by molar-refractivity contribution is 0.569. The monoisotopic (exact) mass is 287 g/mol. The molecule has 0 radical (unpaired) electrons. The van der Waals surface area contributed by atoms with Gasteiger partial charge < -0.3 is 0 Å². The quantitative estimate of drug-likeness (QED) is 0.617. The molecule has 0 aliphatic rings. The number of halogens is 1. The van der Waals surface area contributed by atoms with Crippen molar-refractivity contribution in [3.05, 3.63) is 41.8 Å². The molecule has 0 spiro atoms. The zero-order chi connectivity index (χ0) is 14.8. The van der Waals surface area contributed by atoms with Crippen LogP contribution in [0.4, 0.5) is 4.39 Å². The highest BCUT2D eigenvalue weighted by molar-refractivity contribution is 8.00. The fourth-order valence-corrected chi connectivity index (χ4v) is 2.53. The second-order valence-corrected chi connectivity index (χ2v) is 7.03. The van der Waals surface area contributed by atoms with Crippen molar-refractivity contribution in [3.63, 3.8) is 0 Å². The molecule has 0 fully saturated rings. The molecule has 0 N–H and O–H groups in total. The first kappa shape index (κ1) is 14.5. The predicted octanol–water partition coefficient (Wildman–Crippen LogP) is 4.04. The molecule has 0 saturated carbocycles. The third-order valence-electron chi connectivity index (χ3n) is 2.38. The summed E-state index contributed by atoms with van der Waals surface area (Å²) in [6.07, 6.45) is 0. The normalized spacial score (nSPS) is 11.2. The molecule has 0 atom stereocenters. The summed E-state index contributed by atoms with van der Waals surface area (Å²) < 4.78 is 13.8. The van der Waals surface area contributed by atoms with E-state index < -0.39 is 5.95 Å². The van der Waals surface area contributed by atoms with Crippen LogP contribution in [0.25, 0.3) is 11.4 Å². The van der Waals surface area contributed by atoms with Crippen molar-refractivity contribution >= 4 is 11.8 Å². The van der Waals surface area contributed by atoms with E-state index in [2.05, 4.69) is 9.97 Å². The van der Waals surface area contributed by atoms with Crippen LogP contribution in [-0.4, -0.2) is 14.7 Å². The first-order valence-electron chi connectivity index (χ1n) is 6.13. The number of hydrogen-bond donors (Lipinski definition) is 0. The van der Waals surface area contributed by atoms with Crippen LogP contribution >= 0.6 is 11.8 Å². The van der Waals surface area contributed by atoms with Gasteiger partial charge in [-0.25, -0.2) is 4.98 Å². The Morgan fingerprint density at radius 3 is 2.35 bits per heavy atom. The van der Waals surface area contributed by atoms with E-state index in [9.17, 15) is 4.39 Å². The highest BCUT2D eigenvalue weighted by Gasteiger charge is 2.21. The van der Waals surface area contributed by atoms with Gasteiger partial charge in [0.2, 0.25) is 5.95 Å². The molecule has 1 aromatic carbocycles. The lowest BCUT2D eigenvalue weighted by atomic mass is 10.2. The van der Waals surface area contributed by atoms with Gasteiger partial charge in [-0.15, -0.1) is 0 Å². The maximum absolute atomic E-state index is 14.0. The standard InChI is InChI=1S/C15H14FN3S/c1-15(2,3)20-14-11(9-17)12(16)18-13(19-14)10-7-5-4-6-8-10/h4-8H,1-3H3. The van der Waals surface area contributed by atoms with Crippen molar-refractivity contribution in [1.82, 2.24) is 9.97 Å². The largest absolute Gasteiger partial charge is 0.235 e. The van der Waals surface area contributed by atoms with Gasteiger partial charge in [-0.2, -0.15) is 14.6 Å². The maximum Gasteiger partial charge on any atom is 0.235 e. The summed E-state index contributed by atoms with van der Waals surface area (Å²) in [6.45, 7) is 5.96. The van der Waals surface area contributed by atoms with Gasteiger partial charge in [0.15, 0.2) is 5.82 Å². The Hall–Kier alpha value is -1.93. The van der Waals surface area contributed by atoms with Crippen molar-refractivity contribution in [2.24, 2.45) is 0 Å². The lowest BCUT2D eigenvalue weighted by Gasteiger charge is -2.17. The Bertz CT molecular complexity index is 657. The molecule has 0 aliphatic carbocycles. The van der Waals surface area contributed by atoms with Crippen LogP contribution in [0, 0.1) is 17.3 Å². The highest BCUT2D eigenvalue weighted by atomic mass is 32.2. The molecule has 0 saturated heterocycles. The number of aromatic nitrogens is 2. The van der Waals surface area contributed by atoms with Crippen molar-refractivity contribution in [2.45, 2.75) is 30.5 Å². The fourth-order valence-electron chi connectivity index (χ4n) is 1.59. The smallest absolute Gasteiger partial charge is 0.220 e. The highest BCUT2D eigenvalue weighted by Crippen LogP contribution is 2.34. The zero-order valence-corrected chi connectivity index (χ0v) is 12.3. The summed E-state index contributed by atoms with van der Waals surface area (Å²) in [6, 6.07) is 11.0. The van der Waals surface area contributed by atoms with Crippen LogP contribution in [0.2, 0.25) is 0 Å². The predicted molar refractivity (Wildman–Crippen MR) is 77.8 cm³/mol. The fraction of sp³-hybridized carbons (Fsp3) is 0.267. The molecule has 102 valence electrons. The van der Waals surface area contributed by atoms with Gasteiger partial charge >= 0.3 is 0 Å². The van der Waals surface area contributed by atoms with Crippen LogP contribution in [0.1, 0.15) is 26.3 Å². The number of hydrogen-bond acceptors (Lipinski definition) is 4. The van der Waals surface area contributed by atoms with Crippen LogP contribution < -0.4 is 0 Å². The van der Waals surface area contributed by atoms with E-state index in [1.165, 1.54) is 11.8 Å². The molecule has 1 aromatic heterocycles. The van der Waals surface area contributed by atoms with Gasteiger partial charge in [0.1, 0.15) is 16.7 Å². The number of rotatable bonds is 2. The van der Waals surface area contributed by atoms with E-state index in [4.69, 9.17) is 5.26 Å². The maximum atomic E-state index is 14.0. The van der Waals surface area contributed by atoms with E-state index in [0.29, 0.717) is 10.9 Å². The number of nitriles is 1. The van der Waals surface area contributed by atoms with Crippen molar-refractivity contribution in [2.75, 3.05) is 0 Å². The number of nitrogens with zero attached hydrogens (tertiary/aromatic N) is 3. The third-order valence-corrected chi connectivity index (χ3v) is 3.48. The van der Waals surface area contributed by atoms with Crippen LogP contribution in [0.15, 0.2) is 35.4 Å². The Morgan fingerprint density at radius 2 is 1.80 bits per heavy atom. The van der Waals surface area contributed by atoms with E-state index in [1.807, 2.05) is 57.2 Å². The average molecular weight is 287 g/mol. The van der Waals surface area contributed by atoms with E-state index in [-0.39, 0.29) is 10.3 Å². The molecule has 2 rings (SSSR count). The molecular weight excluding hydrogens is 273 g/mol. The molecule has 0 unspecified atom stereocenters. The first-order chi connectivity index (χ1) is 9.40. The summed E-state index contributed by atoms with van der Waals surface area (Å²) in [5.74, 6) is -0.470. The van der Waals surface area contributed by atoms with Gasteiger partial charge in [-0.3, -0.25) is 0 Å². The van der Waals surface area contributed by atoms with Gasteiger partial charge in [-0.1, -0.05) is 62.9 Å². The van der Waals surface area contributed by atoms with E-state index in [1.54, 1.807) is 0 Å². The molecule has 2 aromatic rings. The number of benzene rings is 1. The minimum absolute atomic E-state index is 0.0930. The zero-order valence-electron chi connectivity index (χ0n) is 11.5. The van der Waals surface area contributed by atoms with E-state index >= 15 is 0 Å². The molecule has 0 bridgehead atoms. The van der Waals surface area contributed by atoms with Gasteiger partial charge in [-0.05, 0) is 0 Å². The van der Waals surface area contributed by atoms with Crippen molar-refractivity contribution in [1.29, 1.82) is 5.26 Å². The Morgan fingerprint density at radius 1 is 1.15 bits per heavy atom. The topological polar surface area (TPSA) is 49.6 Å². The summed E-state index contributed by atoms with van der Waals surface area (Å²) in [5.41, 5.74) is 0.635. The summed E-state index contributed by atoms with van der Waals surface area (Å²) >= 11 is 1.36. The SMILES string of the molecule is CC(C)(C)Sc1nc(-c2ccccc2)nc(F)c1C#N. The third kappa shape index (κ3) is 3.34. The minimum atomic E-state index is -0.770. The second kappa shape index (κ2) is 5.59. The van der Waals surface area contributed by atoms with Crippen LogP contribution in [-0.2, 0) is 0 Å². The van der Waals surface area contributed by atoms with Gasteiger partial charge in [0.25, 0.3) is 0 Å². The first-order valence-corrected chi connectivity index (χ1v) is 6.94. The molecule has 20 heavy (non-hydrogen) atoms. The number of thioether (sulfide) groups is 1. The summed E-state index contributed by atoms with van der Waals surface area (Å²) in [7, 11) is 0.